The number of nitrogens with two attached hydrogens (primary N) is 1. The van der Waals surface area contributed by atoms with Crippen molar-refractivity contribution in [2.75, 3.05) is 0 Å². The van der Waals surface area contributed by atoms with Crippen LogP contribution in [0.1, 0.15) is 18.2 Å². The number of alkyl halides is 2. The molecule has 3 N–H and O–H groups in total. The molecular formula is C14H15BrF3N4O2+. The molecule has 0 bridgehead atoms. The van der Waals surface area contributed by atoms with Crippen LogP contribution in [-0.4, -0.2) is 26.3 Å². The van der Waals surface area contributed by atoms with Crippen LogP contribution in [-0.2, 0) is 18.5 Å². The third-order valence-electron chi connectivity index (χ3n) is 3.64. The highest BCUT2D eigenvalue weighted by Gasteiger charge is 2.42. The van der Waals surface area contributed by atoms with Gasteiger partial charge in [-0.15, -0.1) is 0 Å². The van der Waals surface area contributed by atoms with E-state index >= 15 is 0 Å². The largest absolute Gasteiger partial charge is 0.434 e. The summed E-state index contributed by atoms with van der Waals surface area (Å²) in [6.45, 7) is 1.14. The summed E-state index contributed by atoms with van der Waals surface area (Å²) in [5.74, 6) is -1.24. The van der Waals surface area contributed by atoms with Crippen LogP contribution >= 0.6 is 15.9 Å². The number of aromatic nitrogens is 2. The standard InChI is InChI=1S/C14H15BrF3N4O2/c1-2-9-6-12(22(23)24)20-21(9)7-14(19,13(17)18)10-5-8(15)3-4-11(10)16/h3-6,13H,2,7,19H2,1H3,(H,23,24)/q+1. The lowest BCUT2D eigenvalue weighted by atomic mass is 9.90. The number of nitrogens with zero attached hydrogens (tertiary/aromatic N) is 3. The first kappa shape index (κ1) is 18.4. The molecule has 2 rings (SSSR count). The fraction of sp³-hybridized carbons (Fsp3) is 0.357. The predicted molar refractivity (Wildman–Crippen MR) is 82.6 cm³/mol. The fourth-order valence-electron chi connectivity index (χ4n) is 2.33. The molecule has 10 heteroatoms. The van der Waals surface area contributed by atoms with Crippen molar-refractivity contribution in [3.63, 3.8) is 0 Å². The maximum absolute atomic E-state index is 14.1. The predicted octanol–water partition coefficient (Wildman–Crippen LogP) is 3.27. The Labute approximate surface area is 143 Å². The summed E-state index contributed by atoms with van der Waals surface area (Å²) in [6.07, 6.45) is -2.75. The zero-order valence-electron chi connectivity index (χ0n) is 12.6. The van der Waals surface area contributed by atoms with Gasteiger partial charge in [0.05, 0.1) is 23.4 Å². The van der Waals surface area contributed by atoms with E-state index in [1.165, 1.54) is 18.2 Å². The lowest BCUT2D eigenvalue weighted by Gasteiger charge is -2.29. The fourth-order valence-corrected chi connectivity index (χ4v) is 2.69. The van der Waals surface area contributed by atoms with Crippen LogP contribution in [0.4, 0.5) is 19.0 Å². The molecule has 0 amide bonds. The average molecular weight is 408 g/mol. The van der Waals surface area contributed by atoms with E-state index in [1.54, 1.807) is 6.92 Å². The molecule has 0 spiro atoms. The Morgan fingerprint density at radius 2 is 2.12 bits per heavy atom. The summed E-state index contributed by atoms with van der Waals surface area (Å²) in [6, 6.07) is 4.83. The molecule has 0 aliphatic heterocycles. The smallest absolute Gasteiger partial charge is 0.315 e. The van der Waals surface area contributed by atoms with Crippen LogP contribution in [0, 0.1) is 10.7 Å². The van der Waals surface area contributed by atoms with Crippen molar-refractivity contribution in [1.82, 2.24) is 9.78 Å². The molecule has 1 heterocycles. The molecule has 0 aliphatic rings. The van der Waals surface area contributed by atoms with Crippen molar-refractivity contribution >= 4 is 21.7 Å². The highest BCUT2D eigenvalue weighted by Crippen LogP contribution is 2.32. The molecule has 0 saturated heterocycles. The minimum absolute atomic E-state index is 0.348. The van der Waals surface area contributed by atoms with Gasteiger partial charge in [-0.1, -0.05) is 22.9 Å². The second-order valence-electron chi connectivity index (χ2n) is 5.24. The van der Waals surface area contributed by atoms with Crippen molar-refractivity contribution in [2.45, 2.75) is 31.9 Å². The molecule has 0 fully saturated rings. The molecule has 6 nitrogen and oxygen atoms in total. The minimum Gasteiger partial charge on any atom is -0.315 e. The van der Waals surface area contributed by atoms with Gasteiger partial charge in [0, 0.05) is 10.0 Å². The topological polar surface area (TPSA) is 84.2 Å². The molecule has 1 aromatic heterocycles. The van der Waals surface area contributed by atoms with Gasteiger partial charge in [0.25, 0.3) is 6.43 Å². The molecule has 0 radical (unpaired) electrons. The third kappa shape index (κ3) is 3.44. The molecule has 0 saturated carbocycles. The van der Waals surface area contributed by atoms with Crippen LogP contribution in [0.15, 0.2) is 28.7 Å². The SMILES string of the molecule is CCc1cc([N+](=O)O)nn1CC(N)(c1cc(Br)ccc1F)C(F)F. The molecular weight excluding hydrogens is 393 g/mol. The van der Waals surface area contributed by atoms with Gasteiger partial charge in [0.15, 0.2) is 4.92 Å². The van der Waals surface area contributed by atoms with Crippen molar-refractivity contribution in [2.24, 2.45) is 5.73 Å². The number of hydrogen-bond acceptors (Lipinski definition) is 3. The summed E-state index contributed by atoms with van der Waals surface area (Å²) in [7, 11) is 0. The quantitative estimate of drug-likeness (QED) is 0.719. The first-order valence-corrected chi connectivity index (χ1v) is 7.73. The maximum Gasteiger partial charge on any atom is 0.434 e. The van der Waals surface area contributed by atoms with Crippen LogP contribution in [0.2, 0.25) is 0 Å². The van der Waals surface area contributed by atoms with Crippen molar-refractivity contribution in [1.29, 1.82) is 0 Å². The number of rotatable bonds is 6. The summed E-state index contributed by atoms with van der Waals surface area (Å²) >= 11 is 3.10. The molecule has 24 heavy (non-hydrogen) atoms. The molecule has 2 aromatic rings. The van der Waals surface area contributed by atoms with Crippen molar-refractivity contribution < 1.29 is 23.3 Å². The lowest BCUT2D eigenvalue weighted by molar-refractivity contribution is -0.732. The van der Waals surface area contributed by atoms with Gasteiger partial charge < -0.3 is 10.9 Å². The summed E-state index contributed by atoms with van der Waals surface area (Å²) in [5, 5.41) is 12.7. The summed E-state index contributed by atoms with van der Waals surface area (Å²) < 4.78 is 42.9. The zero-order valence-corrected chi connectivity index (χ0v) is 14.2. The Bertz CT molecular complexity index is 768. The second-order valence-corrected chi connectivity index (χ2v) is 6.16. The summed E-state index contributed by atoms with van der Waals surface area (Å²) in [4.78, 5) is 10.5. The Hall–Kier alpha value is -1.94. The van der Waals surface area contributed by atoms with E-state index in [4.69, 9.17) is 10.9 Å². The van der Waals surface area contributed by atoms with Crippen LogP contribution in [0.25, 0.3) is 0 Å². The third-order valence-corrected chi connectivity index (χ3v) is 4.13. The van der Waals surface area contributed by atoms with Gasteiger partial charge >= 0.3 is 5.82 Å². The number of hydrogen-bond donors (Lipinski definition) is 2. The van der Waals surface area contributed by atoms with E-state index in [-0.39, 0.29) is 11.4 Å². The van der Waals surface area contributed by atoms with Crippen LogP contribution in [0.5, 0.6) is 0 Å². The van der Waals surface area contributed by atoms with Crippen LogP contribution in [0.3, 0.4) is 0 Å². The number of aryl methyl sites for hydroxylation is 1. The summed E-state index contributed by atoms with van der Waals surface area (Å²) in [5.41, 5.74) is 3.49. The first-order valence-electron chi connectivity index (χ1n) is 6.94. The van der Waals surface area contributed by atoms with Crippen molar-refractivity contribution in [3.8, 4) is 0 Å². The normalized spacial score (nSPS) is 14.0. The maximum atomic E-state index is 14.1. The molecule has 0 aliphatic carbocycles. The number of halogens is 4. The second kappa shape index (κ2) is 6.89. The minimum atomic E-state index is -3.10. The van der Waals surface area contributed by atoms with E-state index in [0.717, 1.165) is 10.7 Å². The van der Waals surface area contributed by atoms with Gasteiger partial charge in [-0.2, -0.15) is 4.68 Å². The van der Waals surface area contributed by atoms with Gasteiger partial charge in [0.2, 0.25) is 0 Å². The lowest BCUT2D eigenvalue weighted by Crippen LogP contribution is -2.48. The van der Waals surface area contributed by atoms with Gasteiger partial charge in [-0.3, -0.25) is 0 Å². The van der Waals surface area contributed by atoms with E-state index in [1.807, 2.05) is 0 Å². The Balaban J connectivity index is 2.53. The Morgan fingerprint density at radius 3 is 2.67 bits per heavy atom. The van der Waals surface area contributed by atoms with E-state index in [2.05, 4.69) is 21.0 Å². The molecule has 130 valence electrons. The van der Waals surface area contributed by atoms with Crippen LogP contribution < -0.4 is 5.73 Å². The van der Waals surface area contributed by atoms with E-state index < -0.39 is 29.2 Å². The zero-order chi connectivity index (χ0) is 18.1. The first-order chi connectivity index (χ1) is 11.2. The van der Waals surface area contributed by atoms with Crippen molar-refractivity contribution in [3.05, 3.63) is 50.7 Å². The van der Waals surface area contributed by atoms with E-state index in [9.17, 15) is 18.1 Å². The van der Waals surface area contributed by atoms with Gasteiger partial charge in [-0.25, -0.2) is 13.2 Å². The van der Waals surface area contributed by atoms with Gasteiger partial charge in [0.1, 0.15) is 11.4 Å². The number of benzene rings is 1. The Kier molecular flexibility index (Phi) is 5.29. The molecule has 1 aromatic carbocycles. The van der Waals surface area contributed by atoms with Gasteiger partial charge in [-0.05, 0) is 29.5 Å². The molecule has 1 atom stereocenters. The highest BCUT2D eigenvalue weighted by molar-refractivity contribution is 9.10. The average Bonchev–Trinajstić information content (AvgIpc) is 2.92. The van der Waals surface area contributed by atoms with E-state index in [0.29, 0.717) is 16.6 Å². The molecule has 1 unspecified atom stereocenters. The Morgan fingerprint density at radius 1 is 1.46 bits per heavy atom. The monoisotopic (exact) mass is 407 g/mol. The highest BCUT2D eigenvalue weighted by atomic mass is 79.9.